The molecule has 2 amide bonds. The number of carbonyl (C=O) groups is 2. The molecule has 0 spiro atoms. The molecule has 3 aromatic heterocycles. The third-order valence-corrected chi connectivity index (χ3v) is 6.09. The number of amides is 2. The number of benzene rings is 1. The number of piperidine rings is 1. The minimum atomic E-state index is -0.575. The molecule has 0 aliphatic carbocycles. The molecule has 0 saturated carbocycles. The number of nitrogens with two attached hydrogens (primary N) is 1. The molecule has 166 valence electrons. The summed E-state index contributed by atoms with van der Waals surface area (Å²) in [6.07, 6.45) is 8.17. The van der Waals surface area contributed by atoms with E-state index in [2.05, 4.69) is 27.2 Å². The lowest BCUT2D eigenvalue weighted by Crippen LogP contribution is -2.39. The van der Waals surface area contributed by atoms with Crippen LogP contribution in [-0.2, 0) is 6.42 Å². The van der Waals surface area contributed by atoms with E-state index in [0.29, 0.717) is 24.2 Å². The Bertz CT molecular complexity index is 1320. The van der Waals surface area contributed by atoms with Gasteiger partial charge in [0.25, 0.3) is 11.8 Å². The van der Waals surface area contributed by atoms with Gasteiger partial charge in [-0.1, -0.05) is 30.3 Å². The van der Waals surface area contributed by atoms with Crippen LogP contribution in [-0.4, -0.2) is 42.8 Å². The van der Waals surface area contributed by atoms with Crippen molar-refractivity contribution in [2.75, 3.05) is 6.54 Å². The molecule has 1 fully saturated rings. The molecule has 1 saturated heterocycles. The average Bonchev–Trinajstić information content (AvgIpc) is 3.29. The van der Waals surface area contributed by atoms with E-state index in [1.165, 1.54) is 6.20 Å². The molecule has 0 bridgehead atoms. The van der Waals surface area contributed by atoms with Crippen molar-refractivity contribution >= 4 is 17.5 Å². The van der Waals surface area contributed by atoms with Crippen molar-refractivity contribution in [2.45, 2.75) is 31.7 Å². The van der Waals surface area contributed by atoms with E-state index in [-0.39, 0.29) is 17.5 Å². The Kier molecular flexibility index (Phi) is 5.56. The maximum Gasteiger partial charge on any atom is 0.254 e. The number of aromatic nitrogens is 4. The van der Waals surface area contributed by atoms with Crippen molar-refractivity contribution in [2.24, 2.45) is 5.73 Å². The van der Waals surface area contributed by atoms with Crippen molar-refractivity contribution in [1.29, 1.82) is 0 Å². The first kappa shape index (κ1) is 20.8. The molecule has 8 nitrogen and oxygen atoms in total. The normalized spacial score (nSPS) is 16.1. The van der Waals surface area contributed by atoms with E-state index in [1.54, 1.807) is 23.0 Å². The topological polar surface area (TPSA) is 106 Å². The summed E-state index contributed by atoms with van der Waals surface area (Å²) < 4.78 is 1.63. The second-order valence-corrected chi connectivity index (χ2v) is 8.24. The number of rotatable bonds is 5. The van der Waals surface area contributed by atoms with Crippen molar-refractivity contribution in [1.82, 2.24) is 24.5 Å². The molecule has 2 N–H and O–H groups in total. The number of likely N-dealkylation sites (tertiary alicyclic amines) is 1. The Morgan fingerprint density at radius 1 is 1.03 bits per heavy atom. The van der Waals surface area contributed by atoms with Crippen LogP contribution in [0.1, 0.15) is 63.0 Å². The van der Waals surface area contributed by atoms with Gasteiger partial charge in [-0.25, -0.2) is 9.50 Å². The van der Waals surface area contributed by atoms with Gasteiger partial charge in [-0.05, 0) is 43.0 Å². The first-order valence-electron chi connectivity index (χ1n) is 11.0. The van der Waals surface area contributed by atoms with Gasteiger partial charge < -0.3 is 10.6 Å². The molecule has 4 heterocycles. The van der Waals surface area contributed by atoms with Gasteiger partial charge >= 0.3 is 0 Å². The number of nitrogens with zero attached hydrogens (tertiary/aromatic N) is 5. The molecule has 1 aliphatic heterocycles. The predicted octanol–water partition coefficient (Wildman–Crippen LogP) is 3.18. The molecule has 1 atom stereocenters. The summed E-state index contributed by atoms with van der Waals surface area (Å²) in [6, 6.07) is 15.4. The van der Waals surface area contributed by atoms with E-state index < -0.39 is 5.91 Å². The number of hydrogen-bond acceptors (Lipinski definition) is 5. The third-order valence-electron chi connectivity index (χ3n) is 6.09. The van der Waals surface area contributed by atoms with Gasteiger partial charge in [-0.2, -0.15) is 5.10 Å². The summed E-state index contributed by atoms with van der Waals surface area (Å²) in [6.45, 7) is 0.646. The maximum atomic E-state index is 13.6. The SMILES string of the molecule is NC(=O)c1cnn2c([C@@H]3CCCCN3C(=O)c3ccnc(Cc4ccccc4)c3)ccnc12. The van der Waals surface area contributed by atoms with Gasteiger partial charge in [0.05, 0.1) is 17.9 Å². The predicted molar refractivity (Wildman–Crippen MR) is 123 cm³/mol. The second-order valence-electron chi connectivity index (χ2n) is 8.24. The summed E-state index contributed by atoms with van der Waals surface area (Å²) in [7, 11) is 0. The number of carbonyl (C=O) groups excluding carboxylic acids is 2. The van der Waals surface area contributed by atoms with Crippen molar-refractivity contribution in [3.63, 3.8) is 0 Å². The summed E-state index contributed by atoms with van der Waals surface area (Å²) in [4.78, 5) is 36.0. The molecule has 0 radical (unpaired) electrons. The Labute approximate surface area is 191 Å². The van der Waals surface area contributed by atoms with Gasteiger partial charge in [0.15, 0.2) is 5.65 Å². The smallest absolute Gasteiger partial charge is 0.254 e. The molecule has 33 heavy (non-hydrogen) atoms. The largest absolute Gasteiger partial charge is 0.365 e. The fraction of sp³-hybridized carbons (Fsp3) is 0.240. The van der Waals surface area contributed by atoms with Crippen molar-refractivity contribution < 1.29 is 9.59 Å². The first-order valence-corrected chi connectivity index (χ1v) is 11.0. The molecule has 8 heteroatoms. The van der Waals surface area contributed by atoms with Crippen LogP contribution in [0.15, 0.2) is 67.1 Å². The van der Waals surface area contributed by atoms with Crippen LogP contribution >= 0.6 is 0 Å². The highest BCUT2D eigenvalue weighted by Gasteiger charge is 2.31. The Hall–Kier alpha value is -4.07. The fourth-order valence-corrected chi connectivity index (χ4v) is 4.50. The van der Waals surface area contributed by atoms with Crippen molar-refractivity contribution in [3.05, 3.63) is 95.2 Å². The molecular weight excluding hydrogens is 416 g/mol. The van der Waals surface area contributed by atoms with E-state index in [1.807, 2.05) is 35.2 Å². The van der Waals surface area contributed by atoms with Crippen LogP contribution in [0.5, 0.6) is 0 Å². The molecule has 0 unspecified atom stereocenters. The summed E-state index contributed by atoms with van der Waals surface area (Å²) in [5.74, 6) is -0.613. The lowest BCUT2D eigenvalue weighted by Gasteiger charge is -2.36. The first-order chi connectivity index (χ1) is 16.1. The van der Waals surface area contributed by atoms with E-state index >= 15 is 0 Å². The van der Waals surface area contributed by atoms with Gasteiger partial charge in [0.2, 0.25) is 0 Å². The van der Waals surface area contributed by atoms with E-state index in [9.17, 15) is 9.59 Å². The summed E-state index contributed by atoms with van der Waals surface area (Å²) >= 11 is 0. The minimum absolute atomic E-state index is 0.0383. The van der Waals surface area contributed by atoms with Gasteiger partial charge in [0, 0.05) is 36.6 Å². The second kappa shape index (κ2) is 8.82. The zero-order chi connectivity index (χ0) is 22.8. The average molecular weight is 441 g/mol. The Morgan fingerprint density at radius 3 is 2.67 bits per heavy atom. The maximum absolute atomic E-state index is 13.6. The lowest BCUT2D eigenvalue weighted by molar-refractivity contribution is 0.0602. The van der Waals surface area contributed by atoms with E-state index in [0.717, 1.165) is 36.2 Å². The van der Waals surface area contributed by atoms with Crippen LogP contribution in [0.3, 0.4) is 0 Å². The number of hydrogen-bond donors (Lipinski definition) is 1. The summed E-state index contributed by atoms with van der Waals surface area (Å²) in [5.41, 5.74) is 9.58. The standard InChI is InChI=1S/C25H24N6O2/c26-23(32)20-16-29-31-22(10-12-28-24(20)31)21-8-4-5-13-30(21)25(33)18-9-11-27-19(15-18)14-17-6-2-1-3-7-17/h1-3,6-7,9-12,15-16,21H,4-5,8,13-14H2,(H2,26,32)/t21-/m0/s1. The quantitative estimate of drug-likeness (QED) is 0.513. The van der Waals surface area contributed by atoms with Crippen LogP contribution in [0.25, 0.3) is 5.65 Å². The zero-order valence-electron chi connectivity index (χ0n) is 18.1. The molecule has 1 aromatic carbocycles. The van der Waals surface area contributed by atoms with Crippen LogP contribution < -0.4 is 5.73 Å². The van der Waals surface area contributed by atoms with E-state index in [4.69, 9.17) is 5.73 Å². The van der Waals surface area contributed by atoms with Gasteiger partial charge in [0.1, 0.15) is 5.56 Å². The van der Waals surface area contributed by atoms with Gasteiger partial charge in [-0.3, -0.25) is 14.6 Å². The molecular formula is C25H24N6O2. The number of pyridine rings is 1. The van der Waals surface area contributed by atoms with Crippen LogP contribution in [0.2, 0.25) is 0 Å². The third kappa shape index (κ3) is 4.07. The Balaban J connectivity index is 1.46. The highest BCUT2D eigenvalue weighted by Crippen LogP contribution is 2.32. The zero-order valence-corrected chi connectivity index (χ0v) is 18.1. The van der Waals surface area contributed by atoms with Crippen LogP contribution in [0.4, 0.5) is 0 Å². The molecule has 5 rings (SSSR count). The number of primary amides is 1. The summed E-state index contributed by atoms with van der Waals surface area (Å²) in [5, 5.41) is 4.35. The molecule has 4 aromatic rings. The highest BCUT2D eigenvalue weighted by molar-refractivity contribution is 5.98. The Morgan fingerprint density at radius 2 is 1.85 bits per heavy atom. The van der Waals surface area contributed by atoms with Gasteiger partial charge in [-0.15, -0.1) is 0 Å². The van der Waals surface area contributed by atoms with Crippen LogP contribution in [0, 0.1) is 0 Å². The lowest BCUT2D eigenvalue weighted by atomic mass is 9.97. The van der Waals surface area contributed by atoms with Crippen molar-refractivity contribution in [3.8, 4) is 0 Å². The fourth-order valence-electron chi connectivity index (χ4n) is 4.50. The monoisotopic (exact) mass is 440 g/mol. The number of fused-ring (bicyclic) bond motifs is 1. The highest BCUT2D eigenvalue weighted by atomic mass is 16.2. The minimum Gasteiger partial charge on any atom is -0.365 e. The molecule has 1 aliphatic rings.